The lowest BCUT2D eigenvalue weighted by atomic mass is 10.0. The monoisotopic (exact) mass is 342 g/mol. The molecule has 2 rings (SSSR count). The molecule has 1 aliphatic rings. The number of nitro benzene ring substituents is 1. The quantitative estimate of drug-likeness (QED) is 0.456. The predicted octanol–water partition coefficient (Wildman–Crippen LogP) is 1.56. The average molecular weight is 342 g/mol. The van der Waals surface area contributed by atoms with Gasteiger partial charge in [-0.15, -0.1) is 0 Å². The highest BCUT2D eigenvalue weighted by atomic mass is 32.2. The Balaban J connectivity index is 2.29. The second kappa shape index (κ2) is 7.05. The summed E-state index contributed by atoms with van der Waals surface area (Å²) < 4.78 is 31.5. The van der Waals surface area contributed by atoms with E-state index < -0.39 is 32.5 Å². The minimum atomic E-state index is -4.04. The Hall–Kier alpha value is -2.00. The topological polar surface area (TPSA) is 107 Å². The SMILES string of the molecule is CCOC(=O)[C@@H]1CCCN(S(=O)(=O)c2ccccc2[N+](=O)[O-])C1. The van der Waals surface area contributed by atoms with Crippen LogP contribution in [0.4, 0.5) is 5.69 Å². The predicted molar refractivity (Wildman–Crippen MR) is 81.2 cm³/mol. The second-order valence-corrected chi connectivity index (χ2v) is 7.09. The Kier molecular flexibility index (Phi) is 5.32. The molecule has 1 saturated heterocycles. The van der Waals surface area contributed by atoms with E-state index in [1.165, 1.54) is 18.2 Å². The number of rotatable bonds is 5. The number of carbonyl (C=O) groups is 1. The molecule has 1 aromatic rings. The van der Waals surface area contributed by atoms with Crippen LogP contribution in [0.1, 0.15) is 19.8 Å². The van der Waals surface area contributed by atoms with Crippen molar-refractivity contribution in [3.05, 3.63) is 34.4 Å². The van der Waals surface area contributed by atoms with Crippen molar-refractivity contribution in [3.63, 3.8) is 0 Å². The summed E-state index contributed by atoms with van der Waals surface area (Å²) in [5, 5.41) is 11.1. The van der Waals surface area contributed by atoms with Crippen LogP contribution >= 0.6 is 0 Å². The molecule has 1 fully saturated rings. The maximum atomic E-state index is 12.7. The number of nitrogens with zero attached hydrogens (tertiary/aromatic N) is 2. The molecule has 1 aliphatic heterocycles. The first-order valence-corrected chi connectivity index (χ1v) is 8.72. The van der Waals surface area contributed by atoms with Gasteiger partial charge in [0.15, 0.2) is 4.90 Å². The molecule has 8 nitrogen and oxygen atoms in total. The molecule has 0 aliphatic carbocycles. The number of benzene rings is 1. The van der Waals surface area contributed by atoms with E-state index in [4.69, 9.17) is 4.74 Å². The molecule has 0 unspecified atom stereocenters. The zero-order valence-corrected chi connectivity index (χ0v) is 13.5. The first-order valence-electron chi connectivity index (χ1n) is 7.28. The van der Waals surface area contributed by atoms with E-state index in [1.54, 1.807) is 6.92 Å². The van der Waals surface area contributed by atoms with Gasteiger partial charge in [0.25, 0.3) is 5.69 Å². The summed E-state index contributed by atoms with van der Waals surface area (Å²) in [4.78, 5) is 21.8. The fraction of sp³-hybridized carbons (Fsp3) is 0.500. The molecule has 0 bridgehead atoms. The van der Waals surface area contributed by atoms with E-state index in [-0.39, 0.29) is 24.6 Å². The van der Waals surface area contributed by atoms with Gasteiger partial charge in [0.05, 0.1) is 17.4 Å². The highest BCUT2D eigenvalue weighted by Crippen LogP contribution is 2.29. The number of carbonyl (C=O) groups excluding carboxylic acids is 1. The van der Waals surface area contributed by atoms with Crippen molar-refractivity contribution in [2.24, 2.45) is 5.92 Å². The smallest absolute Gasteiger partial charge is 0.310 e. The van der Waals surface area contributed by atoms with Gasteiger partial charge in [-0.25, -0.2) is 8.42 Å². The van der Waals surface area contributed by atoms with Gasteiger partial charge >= 0.3 is 5.97 Å². The lowest BCUT2D eigenvalue weighted by Gasteiger charge is -2.30. The third kappa shape index (κ3) is 3.67. The number of hydrogen-bond acceptors (Lipinski definition) is 6. The normalized spacial score (nSPS) is 19.3. The van der Waals surface area contributed by atoms with Crippen LogP contribution in [0, 0.1) is 16.0 Å². The van der Waals surface area contributed by atoms with Crippen molar-refractivity contribution in [3.8, 4) is 0 Å². The van der Waals surface area contributed by atoms with Crippen LogP contribution in [0.25, 0.3) is 0 Å². The van der Waals surface area contributed by atoms with Crippen molar-refractivity contribution in [1.82, 2.24) is 4.31 Å². The summed E-state index contributed by atoms with van der Waals surface area (Å²) in [6.07, 6.45) is 1.05. The van der Waals surface area contributed by atoms with Crippen molar-refractivity contribution in [2.75, 3.05) is 19.7 Å². The van der Waals surface area contributed by atoms with E-state index in [9.17, 15) is 23.3 Å². The van der Waals surface area contributed by atoms with Gasteiger partial charge < -0.3 is 4.74 Å². The Morgan fingerprint density at radius 1 is 1.43 bits per heavy atom. The lowest BCUT2D eigenvalue weighted by Crippen LogP contribution is -2.42. The van der Waals surface area contributed by atoms with Gasteiger partial charge in [-0.3, -0.25) is 14.9 Å². The Labute approximate surface area is 134 Å². The molecule has 1 heterocycles. The van der Waals surface area contributed by atoms with Crippen molar-refractivity contribution < 1.29 is 22.9 Å². The van der Waals surface area contributed by atoms with Crippen molar-refractivity contribution >= 4 is 21.7 Å². The summed E-state index contributed by atoms with van der Waals surface area (Å²) in [6, 6.07) is 5.21. The molecule has 0 amide bonds. The van der Waals surface area contributed by atoms with Gasteiger partial charge in [0.2, 0.25) is 10.0 Å². The molecule has 0 N–H and O–H groups in total. The van der Waals surface area contributed by atoms with Gasteiger partial charge in [0, 0.05) is 19.2 Å². The first kappa shape index (κ1) is 17.4. The van der Waals surface area contributed by atoms with Gasteiger partial charge in [-0.1, -0.05) is 12.1 Å². The lowest BCUT2D eigenvalue weighted by molar-refractivity contribution is -0.387. The molecule has 1 atom stereocenters. The van der Waals surface area contributed by atoms with E-state index in [0.717, 1.165) is 10.4 Å². The third-order valence-corrected chi connectivity index (χ3v) is 5.60. The summed E-state index contributed by atoms with van der Waals surface area (Å²) in [5.41, 5.74) is -0.467. The van der Waals surface area contributed by atoms with Crippen LogP contribution in [-0.2, 0) is 19.6 Å². The van der Waals surface area contributed by atoms with Gasteiger partial charge in [-0.05, 0) is 25.8 Å². The molecule has 126 valence electrons. The third-order valence-electron chi connectivity index (χ3n) is 3.68. The van der Waals surface area contributed by atoms with Crippen LogP contribution in [0.5, 0.6) is 0 Å². The minimum Gasteiger partial charge on any atom is -0.466 e. The average Bonchev–Trinajstić information content (AvgIpc) is 2.55. The highest BCUT2D eigenvalue weighted by Gasteiger charge is 2.36. The maximum Gasteiger partial charge on any atom is 0.310 e. The van der Waals surface area contributed by atoms with Crippen molar-refractivity contribution in [2.45, 2.75) is 24.7 Å². The van der Waals surface area contributed by atoms with E-state index >= 15 is 0 Å². The molecule has 1 aromatic carbocycles. The second-order valence-electron chi connectivity index (χ2n) is 5.18. The van der Waals surface area contributed by atoms with Crippen LogP contribution in [0.3, 0.4) is 0 Å². The zero-order chi connectivity index (χ0) is 17.0. The number of hydrogen-bond donors (Lipinski definition) is 0. The molecule has 9 heteroatoms. The van der Waals surface area contributed by atoms with Crippen LogP contribution in [0.2, 0.25) is 0 Å². The van der Waals surface area contributed by atoms with Crippen LogP contribution in [0.15, 0.2) is 29.2 Å². The minimum absolute atomic E-state index is 0.0206. The van der Waals surface area contributed by atoms with E-state index in [2.05, 4.69) is 0 Å². The summed E-state index contributed by atoms with van der Waals surface area (Å²) in [6.45, 7) is 2.12. The standard InChI is InChI=1S/C14H18N2O6S/c1-2-22-14(17)11-6-5-9-15(10-11)23(20,21)13-8-4-3-7-12(13)16(18)19/h3-4,7-8,11H,2,5-6,9-10H2,1H3/t11-/m1/s1. The maximum absolute atomic E-state index is 12.7. The largest absolute Gasteiger partial charge is 0.466 e. The number of esters is 1. The van der Waals surface area contributed by atoms with Crippen LogP contribution in [-0.4, -0.2) is 43.3 Å². The summed E-state index contributed by atoms with van der Waals surface area (Å²) in [7, 11) is -4.04. The van der Waals surface area contributed by atoms with Gasteiger partial charge in [-0.2, -0.15) is 4.31 Å². The van der Waals surface area contributed by atoms with Gasteiger partial charge in [0.1, 0.15) is 0 Å². The molecular weight excluding hydrogens is 324 g/mol. The molecule has 0 radical (unpaired) electrons. The number of para-hydroxylation sites is 1. The molecule has 0 saturated carbocycles. The Bertz CT molecular complexity index is 703. The fourth-order valence-corrected chi connectivity index (χ4v) is 4.26. The highest BCUT2D eigenvalue weighted by molar-refractivity contribution is 7.89. The number of sulfonamides is 1. The molecular formula is C14H18N2O6S. The Morgan fingerprint density at radius 2 is 2.13 bits per heavy atom. The zero-order valence-electron chi connectivity index (χ0n) is 12.7. The summed E-state index contributed by atoms with van der Waals surface area (Å²) >= 11 is 0. The van der Waals surface area contributed by atoms with Crippen molar-refractivity contribution in [1.29, 1.82) is 0 Å². The molecule has 23 heavy (non-hydrogen) atoms. The molecule has 0 aromatic heterocycles. The van der Waals surface area contributed by atoms with Crippen LogP contribution < -0.4 is 0 Å². The first-order chi connectivity index (χ1) is 10.9. The number of nitro groups is 1. The number of piperidine rings is 1. The number of ether oxygens (including phenoxy) is 1. The van der Waals surface area contributed by atoms with E-state index in [1.807, 2.05) is 0 Å². The van der Waals surface area contributed by atoms with E-state index in [0.29, 0.717) is 12.8 Å². The molecule has 0 spiro atoms. The fourth-order valence-electron chi connectivity index (χ4n) is 2.58. The summed E-state index contributed by atoms with van der Waals surface area (Å²) in [5.74, 6) is -0.976. The Morgan fingerprint density at radius 3 is 2.78 bits per heavy atom.